The van der Waals surface area contributed by atoms with Crippen molar-refractivity contribution in [1.82, 2.24) is 10.6 Å². The van der Waals surface area contributed by atoms with Gasteiger partial charge in [-0.2, -0.15) is 0 Å². The van der Waals surface area contributed by atoms with E-state index in [0.29, 0.717) is 18.6 Å². The topological polar surface area (TPSA) is 54.9 Å². The maximum Gasteiger partial charge on any atom is 0.191 e. The van der Waals surface area contributed by atoms with E-state index in [0.717, 1.165) is 12.4 Å². The Labute approximate surface area is 121 Å². The highest BCUT2D eigenvalue weighted by Gasteiger charge is 2.15. The quantitative estimate of drug-likeness (QED) is 0.306. The van der Waals surface area contributed by atoms with Gasteiger partial charge < -0.3 is 20.1 Å². The van der Waals surface area contributed by atoms with E-state index in [-0.39, 0.29) is 11.8 Å². The Bertz CT molecular complexity index is 244. The highest BCUT2D eigenvalue weighted by molar-refractivity contribution is 6.11. The van der Waals surface area contributed by atoms with E-state index in [4.69, 9.17) is 9.47 Å². The molecular weight excluding hydrogens is 258 g/mol. The summed E-state index contributed by atoms with van der Waals surface area (Å²) in [4.78, 5) is 4.55. The lowest BCUT2D eigenvalue weighted by molar-refractivity contribution is -0.105. The highest BCUT2D eigenvalue weighted by Crippen LogP contribution is 2.14. The molecule has 6 heteroatoms. The van der Waals surface area contributed by atoms with Gasteiger partial charge in [0.05, 0.1) is 0 Å². The van der Waals surface area contributed by atoms with Gasteiger partial charge in [0.25, 0.3) is 0 Å². The Balaban J connectivity index is 4.29. The summed E-state index contributed by atoms with van der Waals surface area (Å²) >= 11 is 0. The predicted octanol–water partition coefficient (Wildman–Crippen LogP) is 1.30. The summed E-state index contributed by atoms with van der Waals surface area (Å²) in [5.41, 5.74) is 0.123. The first kappa shape index (κ1) is 18.4. The van der Waals surface area contributed by atoms with Crippen LogP contribution < -0.4 is 10.6 Å². The fraction of sp³-hybridized carbons (Fsp3) is 0.923. The minimum Gasteiger partial charge on any atom is -0.356 e. The molecule has 0 heterocycles. The lowest BCUT2D eigenvalue weighted by atomic mass is 10.3. The van der Waals surface area contributed by atoms with Gasteiger partial charge in [-0.25, -0.2) is 0 Å². The fourth-order valence-electron chi connectivity index (χ4n) is 1.56. The third kappa shape index (κ3) is 9.02. The molecular formula is C13H28N3O2Si. The summed E-state index contributed by atoms with van der Waals surface area (Å²) in [6, 6.07) is 0.713. The zero-order valence-electron chi connectivity index (χ0n) is 13.0. The second-order valence-corrected chi connectivity index (χ2v) is 5.80. The van der Waals surface area contributed by atoms with Gasteiger partial charge in [0.15, 0.2) is 12.2 Å². The molecule has 0 aromatic heterocycles. The first-order valence-corrected chi connectivity index (χ1v) is 7.32. The van der Waals surface area contributed by atoms with Gasteiger partial charge in [-0.1, -0.05) is 0 Å². The first-order chi connectivity index (χ1) is 8.90. The predicted molar refractivity (Wildman–Crippen MR) is 80.8 cm³/mol. The van der Waals surface area contributed by atoms with E-state index in [1.807, 2.05) is 0 Å². The highest BCUT2D eigenvalue weighted by atomic mass is 28.1. The minimum atomic E-state index is -0.244. The second kappa shape index (κ2) is 10.2. The number of guanidine groups is 1. The largest absolute Gasteiger partial charge is 0.356 e. The van der Waals surface area contributed by atoms with E-state index >= 15 is 0 Å². The van der Waals surface area contributed by atoms with Gasteiger partial charge >= 0.3 is 0 Å². The van der Waals surface area contributed by atoms with Crippen molar-refractivity contribution in [3.63, 3.8) is 0 Å². The number of nitrogens with zero attached hydrogens (tertiary/aromatic N) is 1. The van der Waals surface area contributed by atoms with Crippen molar-refractivity contribution >= 4 is 16.2 Å². The second-order valence-electron chi connectivity index (χ2n) is 5.06. The molecule has 0 amide bonds. The molecule has 5 nitrogen and oxygen atoms in total. The molecule has 3 radical (unpaired) electrons. The van der Waals surface area contributed by atoms with Crippen LogP contribution in [-0.2, 0) is 9.47 Å². The van der Waals surface area contributed by atoms with Crippen molar-refractivity contribution in [1.29, 1.82) is 0 Å². The molecule has 0 rings (SSSR count). The molecule has 0 spiro atoms. The molecule has 0 aliphatic carbocycles. The van der Waals surface area contributed by atoms with E-state index in [9.17, 15) is 0 Å². The lowest BCUT2D eigenvalue weighted by Gasteiger charge is -2.21. The van der Waals surface area contributed by atoms with Crippen LogP contribution >= 0.6 is 0 Å². The third-order valence-electron chi connectivity index (χ3n) is 2.35. The Kier molecular flexibility index (Phi) is 9.91. The van der Waals surface area contributed by atoms with Gasteiger partial charge in [-0.05, 0) is 39.7 Å². The molecule has 2 N–H and O–H groups in total. The van der Waals surface area contributed by atoms with Crippen LogP contribution in [0.3, 0.4) is 0 Å². The monoisotopic (exact) mass is 286 g/mol. The molecule has 1 unspecified atom stereocenters. The van der Waals surface area contributed by atoms with Crippen molar-refractivity contribution in [2.24, 2.45) is 4.99 Å². The molecule has 19 heavy (non-hydrogen) atoms. The van der Waals surface area contributed by atoms with Crippen molar-refractivity contribution in [3.8, 4) is 0 Å². The number of nitrogens with one attached hydrogen (secondary N) is 2. The zero-order chi connectivity index (χ0) is 14.8. The van der Waals surface area contributed by atoms with Crippen molar-refractivity contribution in [2.45, 2.75) is 58.0 Å². The first-order valence-electron chi connectivity index (χ1n) is 6.74. The van der Waals surface area contributed by atoms with Crippen LogP contribution in [0.4, 0.5) is 0 Å². The molecule has 0 bridgehead atoms. The number of aliphatic imine (C=N–C) groups is 1. The smallest absolute Gasteiger partial charge is 0.191 e. The maximum atomic E-state index is 5.20. The molecule has 0 aliphatic heterocycles. The van der Waals surface area contributed by atoms with Gasteiger partial charge in [-0.15, -0.1) is 0 Å². The molecule has 0 saturated heterocycles. The fourth-order valence-corrected chi connectivity index (χ4v) is 1.96. The number of ether oxygens (including phenoxy) is 2. The van der Waals surface area contributed by atoms with Crippen LogP contribution in [0, 0.1) is 0 Å². The van der Waals surface area contributed by atoms with Crippen LogP contribution in [0.25, 0.3) is 0 Å². The molecule has 0 aromatic rings. The number of methoxy groups -OCH3 is 2. The van der Waals surface area contributed by atoms with Gasteiger partial charge in [0.2, 0.25) is 0 Å². The van der Waals surface area contributed by atoms with Crippen molar-refractivity contribution < 1.29 is 9.47 Å². The van der Waals surface area contributed by atoms with E-state index in [2.05, 4.69) is 53.6 Å². The Morgan fingerprint density at radius 3 is 1.89 bits per heavy atom. The van der Waals surface area contributed by atoms with Gasteiger partial charge in [-0.3, -0.25) is 4.99 Å². The summed E-state index contributed by atoms with van der Waals surface area (Å²) in [7, 11) is 6.88. The normalized spacial score (nSPS) is 12.9. The van der Waals surface area contributed by atoms with Crippen LogP contribution in [0.5, 0.6) is 0 Å². The average molecular weight is 286 g/mol. The van der Waals surface area contributed by atoms with Gasteiger partial charge in [0.1, 0.15) is 0 Å². The average Bonchev–Trinajstić information content (AvgIpc) is 2.28. The minimum absolute atomic E-state index is 0.123. The number of hydrogen-bond donors (Lipinski definition) is 2. The van der Waals surface area contributed by atoms with E-state index in [1.165, 1.54) is 0 Å². The summed E-state index contributed by atoms with van der Waals surface area (Å²) in [6.07, 6.45) is 0.596. The maximum absolute atomic E-state index is 5.20. The zero-order valence-corrected chi connectivity index (χ0v) is 14.0. The summed E-state index contributed by atoms with van der Waals surface area (Å²) in [5, 5.41) is 6.61. The Hall–Kier alpha value is -0.593. The molecule has 0 saturated carbocycles. The van der Waals surface area contributed by atoms with E-state index < -0.39 is 0 Å². The lowest BCUT2D eigenvalue weighted by Crippen LogP contribution is -2.44. The molecule has 0 aromatic carbocycles. The standard InChI is InChI=1S/C13H28N3O2Si/c1-9(2)15-13(16-10(3)4)14-8-7-11(19)12(17-5)18-6/h9-12H,7-8H2,1-6H3,(H2,14,15,16). The number of hydrogen-bond acceptors (Lipinski definition) is 3. The third-order valence-corrected chi connectivity index (χ3v) is 2.91. The van der Waals surface area contributed by atoms with E-state index in [1.54, 1.807) is 14.2 Å². The molecule has 0 aliphatic rings. The van der Waals surface area contributed by atoms with Crippen molar-refractivity contribution in [3.05, 3.63) is 0 Å². The van der Waals surface area contributed by atoms with Gasteiger partial charge in [0, 0.05) is 43.1 Å². The van der Waals surface area contributed by atoms with Crippen LogP contribution in [0.15, 0.2) is 4.99 Å². The Morgan fingerprint density at radius 2 is 1.53 bits per heavy atom. The Morgan fingerprint density at radius 1 is 1.05 bits per heavy atom. The summed E-state index contributed by atoms with van der Waals surface area (Å²) in [5.74, 6) is 0.843. The number of rotatable bonds is 8. The molecule has 0 fully saturated rings. The van der Waals surface area contributed by atoms with Crippen LogP contribution in [0.1, 0.15) is 34.1 Å². The van der Waals surface area contributed by atoms with Crippen LogP contribution in [0.2, 0.25) is 5.54 Å². The SMILES string of the molecule is COC(OC)C([Si])CCN=C(NC(C)C)NC(C)C. The van der Waals surface area contributed by atoms with Crippen LogP contribution in [-0.4, -0.2) is 55.3 Å². The summed E-state index contributed by atoms with van der Waals surface area (Å²) in [6.45, 7) is 9.07. The van der Waals surface area contributed by atoms with Crippen molar-refractivity contribution in [2.75, 3.05) is 20.8 Å². The molecule has 111 valence electrons. The molecule has 1 atom stereocenters. The summed E-state index contributed by atoms with van der Waals surface area (Å²) < 4.78 is 10.4.